The second kappa shape index (κ2) is 13.5. The topological polar surface area (TPSA) is 36.9 Å². The fourth-order valence-electron chi connectivity index (χ4n) is 4.67. The van der Waals surface area contributed by atoms with Gasteiger partial charge in [-0.15, -0.1) is 0 Å². The summed E-state index contributed by atoms with van der Waals surface area (Å²) in [7, 11) is -2.56. The highest BCUT2D eigenvalue weighted by atomic mass is 28.4. The molecule has 0 aliphatic heterocycles. The van der Waals surface area contributed by atoms with E-state index in [9.17, 15) is 0 Å². The summed E-state index contributed by atoms with van der Waals surface area (Å²) < 4.78 is 23.7. The van der Waals surface area contributed by atoms with Crippen molar-refractivity contribution in [2.45, 2.75) is 85.1 Å². The molecule has 172 valence electrons. The van der Waals surface area contributed by atoms with Gasteiger partial charge in [-0.25, -0.2) is 0 Å². The molecule has 30 heavy (non-hydrogen) atoms. The Morgan fingerprint density at radius 1 is 0.867 bits per heavy atom. The summed E-state index contributed by atoms with van der Waals surface area (Å²) in [4.78, 5) is 0. The van der Waals surface area contributed by atoms with E-state index in [1.54, 1.807) is 0 Å². The minimum atomic E-state index is -2.56. The van der Waals surface area contributed by atoms with Gasteiger partial charge >= 0.3 is 8.80 Å². The molecule has 1 fully saturated rings. The monoisotopic (exact) mass is 436 g/mol. The first-order chi connectivity index (χ1) is 14.6. The molecule has 0 heterocycles. The van der Waals surface area contributed by atoms with Crippen molar-refractivity contribution in [2.75, 3.05) is 26.4 Å². The van der Waals surface area contributed by atoms with Crippen LogP contribution in [0.25, 0.3) is 0 Å². The van der Waals surface area contributed by atoms with Crippen molar-refractivity contribution >= 4 is 8.80 Å². The van der Waals surface area contributed by atoms with E-state index in [-0.39, 0.29) is 0 Å². The van der Waals surface area contributed by atoms with Crippen LogP contribution in [0.1, 0.15) is 84.6 Å². The van der Waals surface area contributed by atoms with Crippen LogP contribution in [0.2, 0.25) is 6.04 Å². The predicted octanol–water partition coefficient (Wildman–Crippen LogP) is 6.82. The van der Waals surface area contributed by atoms with Gasteiger partial charge in [0.15, 0.2) is 0 Å². The van der Waals surface area contributed by atoms with Crippen molar-refractivity contribution < 1.29 is 18.0 Å². The molecule has 0 spiro atoms. The molecule has 1 aliphatic carbocycles. The molecule has 1 atom stereocenters. The number of hydrogen-bond acceptors (Lipinski definition) is 4. The summed E-state index contributed by atoms with van der Waals surface area (Å²) >= 11 is 0. The van der Waals surface area contributed by atoms with Crippen LogP contribution in [0.15, 0.2) is 24.3 Å². The van der Waals surface area contributed by atoms with Gasteiger partial charge in [0, 0.05) is 25.9 Å². The van der Waals surface area contributed by atoms with Gasteiger partial charge in [-0.1, -0.05) is 32.4 Å². The Kier molecular flexibility index (Phi) is 11.4. The lowest BCUT2D eigenvalue weighted by molar-refractivity contribution is 0.0696. The van der Waals surface area contributed by atoms with Gasteiger partial charge in [0.25, 0.3) is 0 Å². The van der Waals surface area contributed by atoms with Crippen LogP contribution in [0, 0.1) is 11.8 Å². The van der Waals surface area contributed by atoms with Crippen molar-refractivity contribution in [3.63, 3.8) is 0 Å². The van der Waals surface area contributed by atoms with E-state index >= 15 is 0 Å². The van der Waals surface area contributed by atoms with Crippen LogP contribution in [0.3, 0.4) is 0 Å². The van der Waals surface area contributed by atoms with Crippen molar-refractivity contribution in [1.29, 1.82) is 0 Å². The molecule has 1 unspecified atom stereocenters. The maximum Gasteiger partial charge on any atom is 0.501 e. The van der Waals surface area contributed by atoms with Crippen LogP contribution in [0.5, 0.6) is 5.75 Å². The fourth-order valence-corrected chi connectivity index (χ4v) is 7.25. The third kappa shape index (κ3) is 7.67. The van der Waals surface area contributed by atoms with Crippen LogP contribution >= 0.6 is 0 Å². The van der Waals surface area contributed by atoms with Gasteiger partial charge in [0.05, 0.1) is 6.61 Å². The van der Waals surface area contributed by atoms with E-state index in [0.717, 1.165) is 36.0 Å². The minimum Gasteiger partial charge on any atom is -0.494 e. The second-order valence-corrected chi connectivity index (χ2v) is 11.2. The van der Waals surface area contributed by atoms with Gasteiger partial charge in [0.2, 0.25) is 0 Å². The van der Waals surface area contributed by atoms with E-state index in [0.29, 0.717) is 26.4 Å². The smallest absolute Gasteiger partial charge is 0.494 e. The lowest BCUT2D eigenvalue weighted by atomic mass is 9.74. The summed E-state index contributed by atoms with van der Waals surface area (Å²) in [6, 6.07) is 9.59. The average molecular weight is 437 g/mol. The number of ether oxygens (including phenoxy) is 1. The first-order valence-corrected chi connectivity index (χ1v) is 14.1. The summed E-state index contributed by atoms with van der Waals surface area (Å²) in [5.41, 5.74) is 1.47. The highest BCUT2D eigenvalue weighted by Crippen LogP contribution is 2.39. The maximum atomic E-state index is 6.00. The van der Waals surface area contributed by atoms with E-state index in [2.05, 4.69) is 38.1 Å². The minimum absolute atomic E-state index is 0.619. The van der Waals surface area contributed by atoms with Crippen molar-refractivity contribution in [2.24, 2.45) is 11.8 Å². The van der Waals surface area contributed by atoms with Crippen LogP contribution in [-0.4, -0.2) is 35.2 Å². The van der Waals surface area contributed by atoms with Crippen LogP contribution < -0.4 is 4.74 Å². The SMILES string of the molecule is CCO[Si](CCCOc1ccc(C2CCC(C(C)CC)CC2)cc1)(OCC)OCC. The van der Waals surface area contributed by atoms with Gasteiger partial charge < -0.3 is 18.0 Å². The van der Waals surface area contributed by atoms with E-state index in [1.807, 2.05) is 20.8 Å². The standard InChI is InChI=1S/C25H44O4Si/c1-6-21(5)22-11-13-23(14-12-22)24-15-17-25(18-16-24)26-19-10-20-30(27-7-2,28-8-3)29-9-4/h15-18,21-23H,6-14,19-20H2,1-5H3. The van der Waals surface area contributed by atoms with E-state index < -0.39 is 8.80 Å². The lowest BCUT2D eigenvalue weighted by Crippen LogP contribution is -2.46. The Hall–Kier alpha value is -0.883. The van der Waals surface area contributed by atoms with Gasteiger partial charge in [-0.05, 0) is 88.3 Å². The number of benzene rings is 1. The van der Waals surface area contributed by atoms with Crippen molar-refractivity contribution in [3.05, 3.63) is 29.8 Å². The summed E-state index contributed by atoms with van der Waals surface area (Å²) in [5.74, 6) is 3.46. The first kappa shape index (κ1) is 25.4. The Balaban J connectivity index is 1.78. The fraction of sp³-hybridized carbons (Fsp3) is 0.760. The molecule has 0 radical (unpaired) electrons. The van der Waals surface area contributed by atoms with Crippen LogP contribution in [0.4, 0.5) is 0 Å². The Bertz CT molecular complexity index is 552. The first-order valence-electron chi connectivity index (χ1n) is 12.2. The maximum absolute atomic E-state index is 6.00. The highest BCUT2D eigenvalue weighted by molar-refractivity contribution is 6.60. The Morgan fingerprint density at radius 2 is 1.43 bits per heavy atom. The second-order valence-electron chi connectivity index (χ2n) is 8.50. The number of hydrogen-bond donors (Lipinski definition) is 0. The largest absolute Gasteiger partial charge is 0.501 e. The third-order valence-corrected chi connectivity index (χ3v) is 9.71. The van der Waals surface area contributed by atoms with E-state index in [1.165, 1.54) is 37.7 Å². The summed E-state index contributed by atoms with van der Waals surface area (Å²) in [6.45, 7) is 13.2. The molecule has 1 aromatic carbocycles. The van der Waals surface area contributed by atoms with Gasteiger partial charge in [0.1, 0.15) is 5.75 Å². The molecule has 1 aliphatic rings. The zero-order chi connectivity index (χ0) is 21.8. The molecule has 0 N–H and O–H groups in total. The molecular weight excluding hydrogens is 392 g/mol. The third-order valence-electron chi connectivity index (χ3n) is 6.56. The zero-order valence-corrected chi connectivity index (χ0v) is 21.0. The molecule has 5 heteroatoms. The van der Waals surface area contributed by atoms with Gasteiger partial charge in [-0.2, -0.15) is 0 Å². The average Bonchev–Trinajstić information content (AvgIpc) is 2.77. The normalized spacial score (nSPS) is 20.8. The molecule has 2 rings (SSSR count). The van der Waals surface area contributed by atoms with Crippen molar-refractivity contribution in [3.8, 4) is 5.75 Å². The van der Waals surface area contributed by atoms with Gasteiger partial charge in [-0.3, -0.25) is 0 Å². The lowest BCUT2D eigenvalue weighted by Gasteiger charge is -2.32. The molecule has 0 saturated heterocycles. The van der Waals surface area contributed by atoms with E-state index in [4.69, 9.17) is 18.0 Å². The molecule has 1 saturated carbocycles. The Morgan fingerprint density at radius 3 is 1.93 bits per heavy atom. The molecule has 4 nitrogen and oxygen atoms in total. The molecule has 1 aromatic rings. The van der Waals surface area contributed by atoms with Crippen molar-refractivity contribution in [1.82, 2.24) is 0 Å². The quantitative estimate of drug-likeness (QED) is 0.237. The Labute approximate surface area is 186 Å². The molecule has 0 aromatic heterocycles. The summed E-state index contributed by atoms with van der Waals surface area (Å²) in [6.07, 6.45) is 7.59. The molecule has 0 bridgehead atoms. The highest BCUT2D eigenvalue weighted by Gasteiger charge is 2.39. The number of rotatable bonds is 14. The predicted molar refractivity (Wildman–Crippen MR) is 126 cm³/mol. The molecular formula is C25H44O4Si. The summed E-state index contributed by atoms with van der Waals surface area (Å²) in [5, 5.41) is 0. The molecule has 0 amide bonds. The zero-order valence-electron chi connectivity index (χ0n) is 20.0. The van der Waals surface area contributed by atoms with Crippen LogP contribution in [-0.2, 0) is 13.3 Å².